The van der Waals surface area contributed by atoms with E-state index in [0.717, 1.165) is 26.3 Å². The molecule has 1 fully saturated rings. The molecule has 0 radical (unpaired) electrons. The summed E-state index contributed by atoms with van der Waals surface area (Å²) in [4.78, 5) is 52.8. The van der Waals surface area contributed by atoms with E-state index in [1.54, 1.807) is 0 Å². The summed E-state index contributed by atoms with van der Waals surface area (Å²) in [6.07, 6.45) is -5.17. The van der Waals surface area contributed by atoms with Gasteiger partial charge >= 0.3 is 23.9 Å². The number of hydrogen-bond acceptors (Lipinski definition) is 12. The summed E-state index contributed by atoms with van der Waals surface area (Å²) in [6, 6.07) is 9.77. The normalized spacial score (nSPS) is 24.1. The lowest BCUT2D eigenvalue weighted by atomic mass is 9.95. The number of oxime groups is 1. The largest absolute Gasteiger partial charge is 0.463 e. The Balaban J connectivity index is 2.26. The van der Waals surface area contributed by atoms with Crippen molar-refractivity contribution in [2.75, 3.05) is 6.61 Å². The van der Waals surface area contributed by atoms with Crippen molar-refractivity contribution in [3.05, 3.63) is 35.9 Å². The van der Waals surface area contributed by atoms with Crippen LogP contribution in [0.25, 0.3) is 0 Å². The molecule has 7 atom stereocenters. The van der Waals surface area contributed by atoms with Gasteiger partial charge in [-0.25, -0.2) is 0 Å². The lowest BCUT2D eigenvalue weighted by molar-refractivity contribution is -0.308. The highest BCUT2D eigenvalue weighted by Gasteiger charge is 2.53. The number of carbonyl (C=O) groups is 4. The molecule has 1 aromatic carbocycles. The molecule has 222 valence electrons. The van der Waals surface area contributed by atoms with E-state index in [-0.39, 0.29) is 24.5 Å². The molecular weight excluding hydrogens is 526 g/mol. The van der Waals surface area contributed by atoms with Crippen LogP contribution < -0.4 is 0 Å². The zero-order chi connectivity index (χ0) is 29.8. The number of carbonyl (C=O) groups excluding carboxylic acids is 4. The molecule has 0 spiro atoms. The van der Waals surface area contributed by atoms with Gasteiger partial charge in [-0.05, 0) is 11.5 Å². The molecule has 1 heterocycles. The molecule has 1 saturated heterocycles. The van der Waals surface area contributed by atoms with Gasteiger partial charge in [0.05, 0.1) is 12.7 Å². The third-order valence-electron chi connectivity index (χ3n) is 5.87. The summed E-state index contributed by atoms with van der Waals surface area (Å²) in [7, 11) is 0. The van der Waals surface area contributed by atoms with Crippen molar-refractivity contribution in [3.63, 3.8) is 0 Å². The highest BCUT2D eigenvalue weighted by Crippen LogP contribution is 2.30. The molecule has 1 aliphatic heterocycles. The van der Waals surface area contributed by atoms with E-state index in [1.807, 2.05) is 51.1 Å². The number of esters is 4. The van der Waals surface area contributed by atoms with E-state index in [1.165, 1.54) is 13.1 Å². The average molecular weight is 566 g/mol. The molecule has 0 aromatic heterocycles. The number of nitrogens with zero attached hydrogens (tertiary/aromatic N) is 1. The van der Waals surface area contributed by atoms with Crippen LogP contribution in [0.1, 0.15) is 54.0 Å². The lowest BCUT2D eigenvalue weighted by Gasteiger charge is -2.42. The number of rotatable bonds is 13. The maximum Gasteiger partial charge on any atom is 0.303 e. The van der Waals surface area contributed by atoms with Crippen LogP contribution in [0.3, 0.4) is 0 Å². The monoisotopic (exact) mass is 565 g/mol. The summed E-state index contributed by atoms with van der Waals surface area (Å²) in [6.45, 7) is 10.7. The van der Waals surface area contributed by atoms with Gasteiger partial charge in [0.2, 0.25) is 6.10 Å². The van der Waals surface area contributed by atoms with Crippen molar-refractivity contribution in [1.29, 1.82) is 0 Å². The van der Waals surface area contributed by atoms with Gasteiger partial charge in [0, 0.05) is 39.8 Å². The summed E-state index contributed by atoms with van der Waals surface area (Å²) in [5, 5.41) is 4.06. The van der Waals surface area contributed by atoms with Crippen molar-refractivity contribution >= 4 is 30.1 Å². The van der Waals surface area contributed by atoms with E-state index in [4.69, 9.17) is 33.3 Å². The summed E-state index contributed by atoms with van der Waals surface area (Å²) >= 11 is 0. The Kier molecular flexibility index (Phi) is 13.0. The summed E-state index contributed by atoms with van der Waals surface area (Å²) in [5.41, 5.74) is 1.03. The highest BCUT2D eigenvalue weighted by atomic mass is 16.8. The second-order valence-electron chi connectivity index (χ2n) is 9.79. The molecular formula is C28H39NO11. The first kappa shape index (κ1) is 32.7. The quantitative estimate of drug-likeness (QED) is 0.151. The van der Waals surface area contributed by atoms with Crippen molar-refractivity contribution < 1.29 is 52.4 Å². The summed E-state index contributed by atoms with van der Waals surface area (Å²) < 4.78 is 33.2. The molecule has 0 bridgehead atoms. The van der Waals surface area contributed by atoms with E-state index in [9.17, 15) is 19.2 Å². The molecule has 0 unspecified atom stereocenters. The smallest absolute Gasteiger partial charge is 0.303 e. The predicted octanol–water partition coefficient (Wildman–Crippen LogP) is 2.95. The molecule has 1 aromatic rings. The van der Waals surface area contributed by atoms with Crippen LogP contribution in [0, 0.1) is 11.8 Å². The molecule has 0 saturated carbocycles. The minimum absolute atomic E-state index is 0.149. The van der Waals surface area contributed by atoms with Crippen molar-refractivity contribution in [3.8, 4) is 0 Å². The zero-order valence-corrected chi connectivity index (χ0v) is 23.9. The number of hydrogen-bond donors (Lipinski definition) is 0. The topological polar surface area (TPSA) is 145 Å². The first-order valence-corrected chi connectivity index (χ1v) is 13.0. The second kappa shape index (κ2) is 15.9. The van der Waals surface area contributed by atoms with E-state index in [0.29, 0.717) is 6.61 Å². The molecule has 0 aliphatic carbocycles. The van der Waals surface area contributed by atoms with Gasteiger partial charge in [-0.1, -0.05) is 56.3 Å². The third kappa shape index (κ3) is 10.6. The Morgan fingerprint density at radius 2 is 1.43 bits per heavy atom. The zero-order valence-electron chi connectivity index (χ0n) is 23.9. The standard InChI is InChI=1S/C28H39NO11/c1-16(2)24(35-14-22-11-9-8-10-12-22)17(3)13-29-40-28-27(38-21(7)33)26(37-20(6)32)25(36-19(5)31)23(39-28)15-34-18(4)30/h8-13,16-17,23-28H,14-15H2,1-7H3/t17-,23-,24-,25-,26+,27-,28+/m1/s1. The van der Waals surface area contributed by atoms with Gasteiger partial charge in [-0.2, -0.15) is 0 Å². The molecule has 1 aliphatic rings. The minimum Gasteiger partial charge on any atom is -0.463 e. The lowest BCUT2D eigenvalue weighted by Crippen LogP contribution is -2.62. The Labute approximate surface area is 234 Å². The van der Waals surface area contributed by atoms with Crippen LogP contribution in [0.15, 0.2) is 35.5 Å². The highest BCUT2D eigenvalue weighted by molar-refractivity contribution is 5.68. The van der Waals surface area contributed by atoms with Gasteiger partial charge in [0.15, 0.2) is 12.2 Å². The van der Waals surface area contributed by atoms with Gasteiger partial charge in [-0.3, -0.25) is 19.2 Å². The maximum absolute atomic E-state index is 11.9. The third-order valence-corrected chi connectivity index (χ3v) is 5.87. The van der Waals surface area contributed by atoms with Gasteiger partial charge < -0.3 is 33.3 Å². The average Bonchev–Trinajstić information content (AvgIpc) is 2.86. The Morgan fingerprint density at radius 3 is 1.98 bits per heavy atom. The van der Waals surface area contributed by atoms with Crippen LogP contribution in [0.5, 0.6) is 0 Å². The van der Waals surface area contributed by atoms with Crippen LogP contribution >= 0.6 is 0 Å². The fraction of sp³-hybridized carbons (Fsp3) is 0.607. The first-order valence-electron chi connectivity index (χ1n) is 13.0. The Bertz CT molecular complexity index is 1010. The molecule has 40 heavy (non-hydrogen) atoms. The molecule has 0 N–H and O–H groups in total. The van der Waals surface area contributed by atoms with Crippen LogP contribution in [-0.4, -0.2) is 73.5 Å². The fourth-order valence-electron chi connectivity index (χ4n) is 4.27. The number of benzene rings is 1. The molecule has 0 amide bonds. The number of ether oxygens (including phenoxy) is 6. The van der Waals surface area contributed by atoms with Gasteiger partial charge in [0.25, 0.3) is 6.29 Å². The minimum atomic E-state index is -1.40. The van der Waals surface area contributed by atoms with Crippen molar-refractivity contribution in [2.24, 2.45) is 17.0 Å². The SMILES string of the molecule is CC(=O)OC[C@H]1O[C@@H](ON=C[C@@H](C)[C@H](OCc2ccccc2)C(C)C)[C@H](OC(C)=O)[C@@H](OC(C)=O)[C@@H]1OC(C)=O. The van der Waals surface area contributed by atoms with Gasteiger partial charge in [-0.15, -0.1) is 0 Å². The molecule has 12 nitrogen and oxygen atoms in total. The Hall–Kier alpha value is -3.51. The van der Waals surface area contributed by atoms with Crippen LogP contribution in [-0.2, 0) is 59.0 Å². The van der Waals surface area contributed by atoms with Crippen molar-refractivity contribution in [1.82, 2.24) is 0 Å². The van der Waals surface area contributed by atoms with Crippen LogP contribution in [0.2, 0.25) is 0 Å². The van der Waals surface area contributed by atoms with E-state index < -0.39 is 54.6 Å². The summed E-state index contributed by atoms with van der Waals surface area (Å²) in [5.74, 6) is -2.85. The van der Waals surface area contributed by atoms with E-state index in [2.05, 4.69) is 5.16 Å². The first-order chi connectivity index (χ1) is 18.9. The fourth-order valence-corrected chi connectivity index (χ4v) is 4.27. The maximum atomic E-state index is 11.9. The van der Waals surface area contributed by atoms with Crippen molar-refractivity contribution in [2.45, 2.75) is 91.9 Å². The van der Waals surface area contributed by atoms with Gasteiger partial charge in [0.1, 0.15) is 12.7 Å². The predicted molar refractivity (Wildman–Crippen MR) is 141 cm³/mol. The second-order valence-corrected chi connectivity index (χ2v) is 9.79. The molecule has 12 heteroatoms. The Morgan fingerprint density at radius 1 is 0.850 bits per heavy atom. The molecule has 2 rings (SSSR count). The van der Waals surface area contributed by atoms with Crippen LogP contribution in [0.4, 0.5) is 0 Å². The van der Waals surface area contributed by atoms with E-state index >= 15 is 0 Å².